The summed E-state index contributed by atoms with van der Waals surface area (Å²) in [5, 5.41) is 2.83. The summed E-state index contributed by atoms with van der Waals surface area (Å²) in [6, 6.07) is 7.38. The van der Waals surface area contributed by atoms with Crippen LogP contribution in [0.25, 0.3) is 0 Å². The van der Waals surface area contributed by atoms with Crippen molar-refractivity contribution in [3.05, 3.63) is 35.6 Å². The van der Waals surface area contributed by atoms with E-state index in [1.54, 1.807) is 18.2 Å². The van der Waals surface area contributed by atoms with Gasteiger partial charge in [-0.05, 0) is 19.4 Å². The van der Waals surface area contributed by atoms with E-state index in [1.807, 2.05) is 0 Å². The van der Waals surface area contributed by atoms with Gasteiger partial charge >= 0.3 is 0 Å². The van der Waals surface area contributed by atoms with Crippen molar-refractivity contribution in [1.29, 1.82) is 0 Å². The van der Waals surface area contributed by atoms with E-state index in [9.17, 15) is 9.18 Å². The molecule has 132 valence electrons. The Kier molecular flexibility index (Phi) is 5.81. The van der Waals surface area contributed by atoms with Gasteiger partial charge in [0.15, 0.2) is 0 Å². The molecule has 0 unspecified atom stereocenters. The zero-order valence-corrected chi connectivity index (χ0v) is 14.2. The number of hydrogen-bond acceptors (Lipinski definition) is 4. The maximum absolute atomic E-state index is 13.6. The molecule has 0 radical (unpaired) electrons. The second kappa shape index (κ2) is 8.05. The Morgan fingerprint density at radius 2 is 2.04 bits per heavy atom. The van der Waals surface area contributed by atoms with E-state index in [1.165, 1.54) is 6.07 Å². The molecule has 2 saturated heterocycles. The first-order chi connectivity index (χ1) is 11.6. The molecule has 1 amide bonds. The van der Waals surface area contributed by atoms with Crippen LogP contribution in [-0.4, -0.2) is 67.2 Å². The molecule has 0 bridgehead atoms. The van der Waals surface area contributed by atoms with Gasteiger partial charge in [-0.3, -0.25) is 14.6 Å². The van der Waals surface area contributed by atoms with Crippen LogP contribution in [0.15, 0.2) is 24.3 Å². The Morgan fingerprint density at radius 1 is 1.29 bits per heavy atom. The van der Waals surface area contributed by atoms with Crippen LogP contribution in [0, 0.1) is 5.82 Å². The first-order valence-corrected chi connectivity index (χ1v) is 8.71. The van der Waals surface area contributed by atoms with Gasteiger partial charge in [-0.1, -0.05) is 18.2 Å². The minimum Gasteiger partial charge on any atom is -0.379 e. The van der Waals surface area contributed by atoms with Crippen molar-refractivity contribution in [1.82, 2.24) is 15.1 Å². The number of ether oxygens (including phenoxy) is 1. The zero-order chi connectivity index (χ0) is 16.9. The summed E-state index contributed by atoms with van der Waals surface area (Å²) in [5.74, 6) is -0.326. The van der Waals surface area contributed by atoms with Crippen molar-refractivity contribution in [3.63, 3.8) is 0 Å². The zero-order valence-electron chi connectivity index (χ0n) is 14.2. The molecule has 6 heteroatoms. The monoisotopic (exact) mass is 335 g/mol. The number of amides is 1. The second-order valence-corrected chi connectivity index (χ2v) is 6.58. The number of hydrogen-bond donors (Lipinski definition) is 1. The fraction of sp³-hybridized carbons (Fsp3) is 0.611. The molecule has 24 heavy (non-hydrogen) atoms. The summed E-state index contributed by atoms with van der Waals surface area (Å²) in [6.45, 7) is 7.27. The summed E-state index contributed by atoms with van der Waals surface area (Å²) in [5.41, 5.74) is 0.520. The van der Waals surface area contributed by atoms with Crippen molar-refractivity contribution in [3.8, 4) is 0 Å². The number of morpholine rings is 1. The molecular formula is C18H26FN3O2. The van der Waals surface area contributed by atoms with Gasteiger partial charge in [-0.15, -0.1) is 0 Å². The average Bonchev–Trinajstić information content (AvgIpc) is 2.96. The van der Waals surface area contributed by atoms with E-state index >= 15 is 0 Å². The first kappa shape index (κ1) is 17.3. The highest BCUT2D eigenvalue weighted by molar-refractivity contribution is 5.78. The van der Waals surface area contributed by atoms with Crippen LogP contribution >= 0.6 is 0 Å². The Labute approximate surface area is 142 Å². The van der Waals surface area contributed by atoms with E-state index in [0.29, 0.717) is 24.2 Å². The van der Waals surface area contributed by atoms with Gasteiger partial charge in [-0.2, -0.15) is 0 Å². The summed E-state index contributed by atoms with van der Waals surface area (Å²) < 4.78 is 19.0. The van der Waals surface area contributed by atoms with Crippen LogP contribution in [0.3, 0.4) is 0 Å². The summed E-state index contributed by atoms with van der Waals surface area (Å²) in [7, 11) is 0. The predicted octanol–water partition coefficient (Wildman–Crippen LogP) is 1.24. The number of likely N-dealkylation sites (tertiary alicyclic amines) is 1. The minimum absolute atomic E-state index is 0.0484. The standard InChI is InChI=1S/C18H26FN3O2/c1-14-17(21-8-10-24-11-9-21)6-7-22(14)13-18(23)20-12-15-4-2-3-5-16(15)19/h2-5,14,17H,6-13H2,1H3,(H,20,23)/t14-,17-/m1/s1. The van der Waals surface area contributed by atoms with E-state index in [-0.39, 0.29) is 18.3 Å². The van der Waals surface area contributed by atoms with E-state index < -0.39 is 0 Å². The minimum atomic E-state index is -0.278. The second-order valence-electron chi connectivity index (χ2n) is 6.58. The maximum Gasteiger partial charge on any atom is 0.234 e. The van der Waals surface area contributed by atoms with Crippen LogP contribution in [0.1, 0.15) is 18.9 Å². The van der Waals surface area contributed by atoms with Crippen molar-refractivity contribution in [2.75, 3.05) is 39.4 Å². The molecule has 1 N–H and O–H groups in total. The Morgan fingerprint density at radius 3 is 2.79 bits per heavy atom. The molecule has 2 fully saturated rings. The van der Waals surface area contributed by atoms with Crippen molar-refractivity contribution in [2.24, 2.45) is 0 Å². The molecule has 1 aromatic carbocycles. The van der Waals surface area contributed by atoms with Crippen LogP contribution in [0.4, 0.5) is 4.39 Å². The molecule has 2 aliphatic rings. The number of nitrogens with one attached hydrogen (secondary N) is 1. The number of nitrogens with zero attached hydrogens (tertiary/aromatic N) is 2. The van der Waals surface area contributed by atoms with Crippen LogP contribution in [0.2, 0.25) is 0 Å². The Bertz CT molecular complexity index is 563. The van der Waals surface area contributed by atoms with Crippen LogP contribution in [0.5, 0.6) is 0 Å². The third kappa shape index (κ3) is 4.12. The highest BCUT2D eigenvalue weighted by Gasteiger charge is 2.35. The fourth-order valence-corrected chi connectivity index (χ4v) is 3.68. The summed E-state index contributed by atoms with van der Waals surface area (Å²) in [4.78, 5) is 16.9. The highest BCUT2D eigenvalue weighted by Crippen LogP contribution is 2.23. The molecule has 3 rings (SSSR count). The van der Waals surface area contributed by atoms with E-state index in [4.69, 9.17) is 4.74 Å². The molecular weight excluding hydrogens is 309 g/mol. The number of carbonyl (C=O) groups is 1. The van der Waals surface area contributed by atoms with Crippen molar-refractivity contribution < 1.29 is 13.9 Å². The number of benzene rings is 1. The van der Waals surface area contributed by atoms with Crippen molar-refractivity contribution >= 4 is 5.91 Å². The third-order valence-corrected chi connectivity index (χ3v) is 5.14. The van der Waals surface area contributed by atoms with Gasteiger partial charge in [0.25, 0.3) is 0 Å². The Hall–Kier alpha value is -1.50. The maximum atomic E-state index is 13.6. The van der Waals surface area contributed by atoms with Crippen LogP contribution < -0.4 is 5.32 Å². The Balaban J connectivity index is 1.47. The lowest BCUT2D eigenvalue weighted by molar-refractivity contribution is -0.122. The third-order valence-electron chi connectivity index (χ3n) is 5.14. The molecule has 0 saturated carbocycles. The van der Waals surface area contributed by atoms with Gasteiger partial charge in [-0.25, -0.2) is 4.39 Å². The first-order valence-electron chi connectivity index (χ1n) is 8.71. The van der Waals surface area contributed by atoms with E-state index in [2.05, 4.69) is 22.0 Å². The fourth-order valence-electron chi connectivity index (χ4n) is 3.68. The number of rotatable bonds is 5. The topological polar surface area (TPSA) is 44.8 Å². The van der Waals surface area contributed by atoms with E-state index in [0.717, 1.165) is 39.3 Å². The average molecular weight is 335 g/mol. The van der Waals surface area contributed by atoms with Crippen LogP contribution in [-0.2, 0) is 16.1 Å². The molecule has 0 spiro atoms. The lowest BCUT2D eigenvalue weighted by Crippen LogP contribution is -2.49. The normalized spacial score (nSPS) is 25.8. The van der Waals surface area contributed by atoms with Crippen molar-refractivity contribution in [2.45, 2.75) is 32.0 Å². The van der Waals surface area contributed by atoms with Gasteiger partial charge in [0.05, 0.1) is 19.8 Å². The van der Waals surface area contributed by atoms with Gasteiger partial charge in [0, 0.05) is 43.8 Å². The smallest absolute Gasteiger partial charge is 0.234 e. The quantitative estimate of drug-likeness (QED) is 0.879. The SMILES string of the molecule is C[C@@H]1[C@H](N2CCOCC2)CCN1CC(=O)NCc1ccccc1F. The number of carbonyl (C=O) groups excluding carboxylic acids is 1. The summed E-state index contributed by atoms with van der Waals surface area (Å²) >= 11 is 0. The molecule has 2 heterocycles. The molecule has 0 aliphatic carbocycles. The molecule has 1 aromatic rings. The molecule has 2 aliphatic heterocycles. The molecule has 0 aromatic heterocycles. The highest BCUT2D eigenvalue weighted by atomic mass is 19.1. The predicted molar refractivity (Wildman–Crippen MR) is 90.1 cm³/mol. The van der Waals surface area contributed by atoms with Gasteiger partial charge < -0.3 is 10.1 Å². The number of halogens is 1. The van der Waals surface area contributed by atoms with Gasteiger partial charge in [0.1, 0.15) is 5.82 Å². The summed E-state index contributed by atoms with van der Waals surface area (Å²) in [6.07, 6.45) is 1.09. The largest absolute Gasteiger partial charge is 0.379 e. The lowest BCUT2D eigenvalue weighted by Gasteiger charge is -2.35. The molecule has 5 nitrogen and oxygen atoms in total. The molecule has 2 atom stereocenters. The van der Waals surface area contributed by atoms with Gasteiger partial charge in [0.2, 0.25) is 5.91 Å². The lowest BCUT2D eigenvalue weighted by atomic mass is 10.1.